The molecule has 196 valence electrons. The Morgan fingerprint density at radius 1 is 1.30 bits per heavy atom. The molecule has 11 heteroatoms. The van der Waals surface area contributed by atoms with Crippen molar-refractivity contribution in [2.45, 2.75) is 25.9 Å². The minimum absolute atomic E-state index is 0.0293. The lowest BCUT2D eigenvalue weighted by Gasteiger charge is -2.40. The van der Waals surface area contributed by atoms with Crippen LogP contribution in [-0.2, 0) is 9.53 Å². The smallest absolute Gasteiger partial charge is 0.241 e. The number of piperazine rings is 1. The fourth-order valence-corrected chi connectivity index (χ4v) is 4.40. The van der Waals surface area contributed by atoms with E-state index < -0.39 is 0 Å². The van der Waals surface area contributed by atoms with Crippen LogP contribution in [0, 0.1) is 5.41 Å². The van der Waals surface area contributed by atoms with Crippen LogP contribution < -0.4 is 16.0 Å². The summed E-state index contributed by atoms with van der Waals surface area (Å²) >= 11 is 0. The van der Waals surface area contributed by atoms with E-state index in [1.807, 2.05) is 37.4 Å². The van der Waals surface area contributed by atoms with Crippen LogP contribution >= 0.6 is 0 Å². The van der Waals surface area contributed by atoms with Gasteiger partial charge in [0.25, 0.3) is 0 Å². The fourth-order valence-electron chi connectivity index (χ4n) is 4.40. The molecule has 0 spiro atoms. The molecule has 2 unspecified atom stereocenters. The molecule has 2 aromatic heterocycles. The maximum Gasteiger partial charge on any atom is 0.241 e. The summed E-state index contributed by atoms with van der Waals surface area (Å²) in [6.45, 7) is 6.82. The van der Waals surface area contributed by atoms with Gasteiger partial charge in [-0.25, -0.2) is 9.97 Å². The second-order valence-corrected chi connectivity index (χ2v) is 9.19. The first-order chi connectivity index (χ1) is 17.8. The number of hydrogen-bond acceptors (Lipinski definition) is 9. The lowest BCUT2D eigenvalue weighted by atomic mass is 10.1. The van der Waals surface area contributed by atoms with E-state index in [1.165, 1.54) is 7.11 Å². The van der Waals surface area contributed by atoms with Crippen molar-refractivity contribution in [2.75, 3.05) is 51.5 Å². The number of aromatic amines is 1. The molecule has 5 N–H and O–H groups in total. The summed E-state index contributed by atoms with van der Waals surface area (Å²) in [7, 11) is 5.28. The summed E-state index contributed by atoms with van der Waals surface area (Å²) in [5.41, 5.74) is 3.52. The number of aromatic nitrogens is 3. The predicted octanol–water partition coefficient (Wildman–Crippen LogP) is 2.68. The molecule has 37 heavy (non-hydrogen) atoms. The van der Waals surface area contributed by atoms with E-state index in [1.54, 1.807) is 19.4 Å². The van der Waals surface area contributed by atoms with Crippen molar-refractivity contribution >= 4 is 34.3 Å². The number of H-pyrrole nitrogens is 1. The quantitative estimate of drug-likeness (QED) is 0.233. The Balaban J connectivity index is 1.55. The Kier molecular flexibility index (Phi) is 8.04. The molecule has 0 aliphatic carbocycles. The lowest BCUT2D eigenvalue weighted by molar-refractivity contribution is -0.121. The number of carbonyl (C=O) groups excluding carboxylic acids is 1. The van der Waals surface area contributed by atoms with Crippen LogP contribution in [0.2, 0.25) is 0 Å². The number of amides is 1. The van der Waals surface area contributed by atoms with E-state index in [0.29, 0.717) is 23.4 Å². The number of nitrogens with zero attached hydrogens (tertiary/aromatic N) is 4. The normalized spacial score (nSPS) is 17.9. The highest BCUT2D eigenvalue weighted by molar-refractivity contribution is 6.06. The minimum Gasteiger partial charge on any atom is -0.480 e. The molecule has 0 saturated carbocycles. The van der Waals surface area contributed by atoms with Crippen LogP contribution in [0.25, 0.3) is 22.2 Å². The van der Waals surface area contributed by atoms with E-state index in [0.717, 1.165) is 41.8 Å². The number of nitrogens with one attached hydrogen (secondary N) is 5. The van der Waals surface area contributed by atoms with Gasteiger partial charge in [0, 0.05) is 62.3 Å². The molecule has 1 aromatic carbocycles. The zero-order valence-corrected chi connectivity index (χ0v) is 21.9. The number of likely N-dealkylation sites (N-methyl/N-ethyl adjacent to an activating group) is 1. The standard InChI is InChI=1S/C26H35N9O2/c1-16-15-35(12-11-34(16)4)17(2)25(36)31-21-8-6-7-18-19(13-30-23(18)21)20-9-10-29-26(32-20)33-22(14-28-3)24(27)37-5/h6-10,13-14,16-17,27-28,30H,11-12,15H2,1-5H3,(H,31,36)(H,29,32,33)/b22-14+,27-24?. The van der Waals surface area contributed by atoms with Gasteiger partial charge in [-0.3, -0.25) is 15.1 Å². The fraction of sp³-hybridized carbons (Fsp3) is 0.385. The van der Waals surface area contributed by atoms with Crippen LogP contribution in [0.3, 0.4) is 0 Å². The summed E-state index contributed by atoms with van der Waals surface area (Å²) < 4.78 is 5.02. The van der Waals surface area contributed by atoms with Crippen molar-refractivity contribution in [3.8, 4) is 11.3 Å². The maximum absolute atomic E-state index is 13.2. The highest BCUT2D eigenvalue weighted by Crippen LogP contribution is 2.32. The largest absolute Gasteiger partial charge is 0.480 e. The van der Waals surface area contributed by atoms with Gasteiger partial charge in [0.05, 0.1) is 30.0 Å². The Morgan fingerprint density at radius 3 is 2.84 bits per heavy atom. The number of rotatable bonds is 8. The highest BCUT2D eigenvalue weighted by atomic mass is 16.5. The van der Waals surface area contributed by atoms with Crippen LogP contribution in [0.4, 0.5) is 11.6 Å². The van der Waals surface area contributed by atoms with Crippen LogP contribution in [0.5, 0.6) is 0 Å². The molecule has 0 radical (unpaired) electrons. The molecular weight excluding hydrogens is 470 g/mol. The number of para-hydroxylation sites is 1. The first-order valence-corrected chi connectivity index (χ1v) is 12.3. The zero-order chi connectivity index (χ0) is 26.5. The molecule has 11 nitrogen and oxygen atoms in total. The molecule has 1 amide bonds. The number of ether oxygens (including phenoxy) is 1. The van der Waals surface area contributed by atoms with Gasteiger partial charge in [-0.1, -0.05) is 12.1 Å². The Labute approximate surface area is 216 Å². The summed E-state index contributed by atoms with van der Waals surface area (Å²) in [5, 5.41) is 17.9. The van der Waals surface area contributed by atoms with Gasteiger partial charge < -0.3 is 30.6 Å². The van der Waals surface area contributed by atoms with Crippen molar-refractivity contribution < 1.29 is 9.53 Å². The van der Waals surface area contributed by atoms with Gasteiger partial charge in [-0.15, -0.1) is 0 Å². The zero-order valence-electron chi connectivity index (χ0n) is 21.9. The topological polar surface area (TPSA) is 134 Å². The van der Waals surface area contributed by atoms with Crippen molar-refractivity contribution in [3.05, 3.63) is 48.6 Å². The van der Waals surface area contributed by atoms with Gasteiger partial charge in [0.2, 0.25) is 17.8 Å². The number of benzene rings is 1. The maximum atomic E-state index is 13.2. The molecule has 3 aromatic rings. The number of fused-ring (bicyclic) bond motifs is 1. The number of carbonyl (C=O) groups is 1. The second kappa shape index (κ2) is 11.4. The first kappa shape index (κ1) is 26.1. The van der Waals surface area contributed by atoms with Crippen molar-refractivity contribution in [3.63, 3.8) is 0 Å². The van der Waals surface area contributed by atoms with E-state index >= 15 is 0 Å². The summed E-state index contributed by atoms with van der Waals surface area (Å²) in [6, 6.07) is 7.81. The molecule has 1 saturated heterocycles. The van der Waals surface area contributed by atoms with Gasteiger partial charge >= 0.3 is 0 Å². The number of methoxy groups -OCH3 is 1. The number of anilines is 2. The van der Waals surface area contributed by atoms with E-state index in [-0.39, 0.29) is 17.8 Å². The Bertz CT molecular complexity index is 1300. The Hall–Kier alpha value is -3.96. The number of hydrogen-bond donors (Lipinski definition) is 5. The van der Waals surface area contributed by atoms with Gasteiger partial charge in [-0.2, -0.15) is 0 Å². The van der Waals surface area contributed by atoms with E-state index in [9.17, 15) is 4.79 Å². The van der Waals surface area contributed by atoms with Crippen molar-refractivity contribution in [1.82, 2.24) is 30.1 Å². The summed E-state index contributed by atoms with van der Waals surface area (Å²) in [6.07, 6.45) is 5.13. The van der Waals surface area contributed by atoms with Crippen LogP contribution in [0.1, 0.15) is 13.8 Å². The predicted molar refractivity (Wildman–Crippen MR) is 147 cm³/mol. The summed E-state index contributed by atoms with van der Waals surface area (Å²) in [5.74, 6) is 0.254. The summed E-state index contributed by atoms with van der Waals surface area (Å²) in [4.78, 5) is 29.9. The molecule has 2 atom stereocenters. The average molecular weight is 506 g/mol. The van der Waals surface area contributed by atoms with E-state index in [2.05, 4.69) is 54.7 Å². The molecule has 4 rings (SSSR count). The highest BCUT2D eigenvalue weighted by Gasteiger charge is 2.28. The lowest BCUT2D eigenvalue weighted by Crippen LogP contribution is -2.55. The van der Waals surface area contributed by atoms with Crippen LogP contribution in [-0.4, -0.2) is 89.5 Å². The molecule has 1 fully saturated rings. The van der Waals surface area contributed by atoms with Gasteiger partial charge in [0.1, 0.15) is 5.70 Å². The minimum atomic E-state index is -0.234. The second-order valence-electron chi connectivity index (χ2n) is 9.19. The molecular formula is C26H35N9O2. The third-order valence-electron chi connectivity index (χ3n) is 6.81. The third-order valence-corrected chi connectivity index (χ3v) is 6.81. The third kappa shape index (κ3) is 5.73. The monoisotopic (exact) mass is 505 g/mol. The molecule has 0 bridgehead atoms. The van der Waals surface area contributed by atoms with E-state index in [4.69, 9.17) is 10.1 Å². The molecule has 1 aliphatic heterocycles. The SMILES string of the molecule is CN/C=C(/Nc1nccc(-c2c[nH]c3c(NC(=O)C(C)N4CCN(C)C(C)C4)cccc23)n1)C(=N)OC. The Morgan fingerprint density at radius 2 is 2.11 bits per heavy atom. The van der Waals surface area contributed by atoms with Gasteiger partial charge in [0.15, 0.2) is 0 Å². The van der Waals surface area contributed by atoms with Crippen molar-refractivity contribution in [2.24, 2.45) is 0 Å². The van der Waals surface area contributed by atoms with Crippen molar-refractivity contribution in [1.29, 1.82) is 5.41 Å². The average Bonchev–Trinajstić information content (AvgIpc) is 3.34. The van der Waals surface area contributed by atoms with Gasteiger partial charge in [-0.05, 0) is 33.0 Å². The van der Waals surface area contributed by atoms with Crippen LogP contribution in [0.15, 0.2) is 48.6 Å². The molecule has 1 aliphatic rings. The first-order valence-electron chi connectivity index (χ1n) is 12.3. The molecule has 3 heterocycles.